The summed E-state index contributed by atoms with van der Waals surface area (Å²) < 4.78 is 0. The molecule has 0 amide bonds. The van der Waals surface area contributed by atoms with E-state index in [1.54, 1.807) is 0 Å². The summed E-state index contributed by atoms with van der Waals surface area (Å²) in [7, 11) is 0. The molecule has 0 rings (SSSR count). The van der Waals surface area contributed by atoms with Gasteiger partial charge < -0.3 is 5.32 Å². The first-order valence-electron chi connectivity index (χ1n) is 5.60. The van der Waals surface area contributed by atoms with E-state index in [1.807, 2.05) is 0 Å². The molecule has 80 valence electrons. The first kappa shape index (κ1) is 13.2. The Morgan fingerprint density at radius 3 is 2.46 bits per heavy atom. The van der Waals surface area contributed by atoms with Gasteiger partial charge in [0.2, 0.25) is 0 Å². The van der Waals surface area contributed by atoms with Crippen LogP contribution in [0.2, 0.25) is 0 Å². The number of hydrogen-bond donors (Lipinski definition) is 1. The van der Waals surface area contributed by atoms with Gasteiger partial charge in [0.15, 0.2) is 0 Å². The summed E-state index contributed by atoms with van der Waals surface area (Å²) in [5.74, 6) is 0.768. The third-order valence-corrected chi connectivity index (χ3v) is 2.53. The number of alkyl halides is 1. The summed E-state index contributed by atoms with van der Waals surface area (Å²) in [5, 5.41) is 3.48. The summed E-state index contributed by atoms with van der Waals surface area (Å²) in [4.78, 5) is 0. The van der Waals surface area contributed by atoms with E-state index in [4.69, 9.17) is 11.6 Å². The molecule has 1 atom stereocenters. The minimum Gasteiger partial charge on any atom is -0.314 e. The Morgan fingerprint density at radius 1 is 1.15 bits per heavy atom. The summed E-state index contributed by atoms with van der Waals surface area (Å²) in [6, 6.07) is 0.587. The second-order valence-electron chi connectivity index (χ2n) is 3.75. The predicted octanol–water partition coefficient (Wildman–Crippen LogP) is 3.56. The average molecular weight is 206 g/mol. The van der Waals surface area contributed by atoms with E-state index < -0.39 is 0 Å². The lowest BCUT2D eigenvalue weighted by Crippen LogP contribution is -2.27. The van der Waals surface area contributed by atoms with Gasteiger partial charge in [0.05, 0.1) is 0 Å². The average Bonchev–Trinajstić information content (AvgIpc) is 2.11. The highest BCUT2D eigenvalue weighted by molar-refractivity contribution is 6.17. The van der Waals surface area contributed by atoms with Crippen LogP contribution < -0.4 is 5.32 Å². The van der Waals surface area contributed by atoms with Crippen LogP contribution in [-0.4, -0.2) is 18.5 Å². The summed E-state index contributed by atoms with van der Waals surface area (Å²) in [5.41, 5.74) is 0. The van der Waals surface area contributed by atoms with Gasteiger partial charge in [0.25, 0.3) is 0 Å². The van der Waals surface area contributed by atoms with Gasteiger partial charge in [0, 0.05) is 11.9 Å². The molecule has 1 N–H and O–H groups in total. The highest BCUT2D eigenvalue weighted by Gasteiger charge is 1.98. The summed E-state index contributed by atoms with van der Waals surface area (Å²) in [6.45, 7) is 5.61. The van der Waals surface area contributed by atoms with Gasteiger partial charge in [-0.25, -0.2) is 0 Å². The largest absolute Gasteiger partial charge is 0.314 e. The molecule has 0 heterocycles. The van der Waals surface area contributed by atoms with Gasteiger partial charge in [-0.3, -0.25) is 0 Å². The van der Waals surface area contributed by atoms with Gasteiger partial charge >= 0.3 is 0 Å². The van der Waals surface area contributed by atoms with Crippen molar-refractivity contribution in [2.24, 2.45) is 0 Å². The van der Waals surface area contributed by atoms with E-state index >= 15 is 0 Å². The lowest BCUT2D eigenvalue weighted by molar-refractivity contribution is 0.508. The van der Waals surface area contributed by atoms with E-state index in [1.165, 1.54) is 32.1 Å². The quantitative estimate of drug-likeness (QED) is 0.449. The maximum Gasteiger partial charge on any atom is 0.0238 e. The topological polar surface area (TPSA) is 12.0 Å². The highest BCUT2D eigenvalue weighted by atomic mass is 35.5. The molecule has 0 aliphatic carbocycles. The van der Waals surface area contributed by atoms with Crippen LogP contribution in [-0.2, 0) is 0 Å². The van der Waals surface area contributed by atoms with Crippen molar-refractivity contribution in [1.29, 1.82) is 0 Å². The monoisotopic (exact) mass is 205 g/mol. The van der Waals surface area contributed by atoms with E-state index in [0.29, 0.717) is 6.04 Å². The molecule has 0 bridgehead atoms. The van der Waals surface area contributed by atoms with Crippen molar-refractivity contribution in [3.05, 3.63) is 0 Å². The van der Waals surface area contributed by atoms with Gasteiger partial charge in [-0.05, 0) is 26.3 Å². The second-order valence-corrected chi connectivity index (χ2v) is 4.13. The van der Waals surface area contributed by atoms with Crippen LogP contribution in [0.25, 0.3) is 0 Å². The van der Waals surface area contributed by atoms with Crippen molar-refractivity contribution >= 4 is 11.6 Å². The molecule has 0 spiro atoms. The van der Waals surface area contributed by atoms with E-state index in [0.717, 1.165) is 18.8 Å². The van der Waals surface area contributed by atoms with Crippen molar-refractivity contribution in [3.8, 4) is 0 Å². The fourth-order valence-electron chi connectivity index (χ4n) is 1.34. The van der Waals surface area contributed by atoms with E-state index in [-0.39, 0.29) is 0 Å². The van der Waals surface area contributed by atoms with Crippen LogP contribution in [0, 0.1) is 0 Å². The maximum atomic E-state index is 5.64. The van der Waals surface area contributed by atoms with Crippen LogP contribution in [0.4, 0.5) is 0 Å². The third kappa shape index (κ3) is 10.2. The highest BCUT2D eigenvalue weighted by Crippen LogP contribution is 2.01. The lowest BCUT2D eigenvalue weighted by atomic mass is 10.1. The van der Waals surface area contributed by atoms with Crippen LogP contribution in [0.1, 0.15) is 52.4 Å². The van der Waals surface area contributed by atoms with Crippen molar-refractivity contribution in [1.82, 2.24) is 5.32 Å². The van der Waals surface area contributed by atoms with Gasteiger partial charge in [-0.15, -0.1) is 11.6 Å². The van der Waals surface area contributed by atoms with Crippen LogP contribution in [0.3, 0.4) is 0 Å². The first-order chi connectivity index (χ1) is 6.31. The molecule has 0 aliphatic heterocycles. The SMILES string of the molecule is CCCCCCCNC(C)CCCl. The predicted molar refractivity (Wildman–Crippen MR) is 61.6 cm³/mol. The molecule has 0 saturated heterocycles. The lowest BCUT2D eigenvalue weighted by Gasteiger charge is -2.11. The van der Waals surface area contributed by atoms with Crippen molar-refractivity contribution in [3.63, 3.8) is 0 Å². The molecule has 0 fully saturated rings. The van der Waals surface area contributed by atoms with Gasteiger partial charge in [-0.2, -0.15) is 0 Å². The Balaban J connectivity index is 2.97. The van der Waals surface area contributed by atoms with Gasteiger partial charge in [-0.1, -0.05) is 32.6 Å². The molecular formula is C11H24ClN. The minimum absolute atomic E-state index is 0.587. The Morgan fingerprint density at radius 2 is 1.85 bits per heavy atom. The number of unbranched alkanes of at least 4 members (excludes halogenated alkanes) is 4. The third-order valence-electron chi connectivity index (χ3n) is 2.32. The first-order valence-corrected chi connectivity index (χ1v) is 6.14. The molecule has 0 radical (unpaired) electrons. The molecule has 0 aliphatic rings. The molecule has 13 heavy (non-hydrogen) atoms. The van der Waals surface area contributed by atoms with Crippen molar-refractivity contribution in [2.45, 2.75) is 58.4 Å². The zero-order valence-corrected chi connectivity index (χ0v) is 9.87. The molecule has 2 heteroatoms. The minimum atomic E-state index is 0.587. The van der Waals surface area contributed by atoms with Crippen LogP contribution >= 0.6 is 11.6 Å². The van der Waals surface area contributed by atoms with Crippen molar-refractivity contribution in [2.75, 3.05) is 12.4 Å². The molecule has 0 aromatic heterocycles. The molecule has 1 nitrogen and oxygen atoms in total. The summed E-state index contributed by atoms with van der Waals surface area (Å²) >= 11 is 5.64. The van der Waals surface area contributed by atoms with E-state index in [2.05, 4.69) is 19.2 Å². The molecule has 0 aromatic carbocycles. The number of hydrogen-bond acceptors (Lipinski definition) is 1. The standard InChI is InChI=1S/C11H24ClN/c1-3-4-5-6-7-10-13-11(2)8-9-12/h11,13H,3-10H2,1-2H3. The molecule has 0 saturated carbocycles. The van der Waals surface area contributed by atoms with Crippen molar-refractivity contribution < 1.29 is 0 Å². The van der Waals surface area contributed by atoms with E-state index in [9.17, 15) is 0 Å². The second kappa shape index (κ2) is 10.3. The Hall–Kier alpha value is 0.250. The van der Waals surface area contributed by atoms with Crippen LogP contribution in [0.15, 0.2) is 0 Å². The normalized spacial score (nSPS) is 13.2. The Bertz CT molecular complexity index is 96.1. The maximum absolute atomic E-state index is 5.64. The number of nitrogens with one attached hydrogen (secondary N) is 1. The van der Waals surface area contributed by atoms with Crippen LogP contribution in [0.5, 0.6) is 0 Å². The zero-order valence-electron chi connectivity index (χ0n) is 9.11. The Labute approximate surface area is 88.2 Å². The fourth-order valence-corrected chi connectivity index (χ4v) is 1.67. The molecule has 1 unspecified atom stereocenters. The number of halogens is 1. The molecule has 0 aromatic rings. The smallest absolute Gasteiger partial charge is 0.0238 e. The summed E-state index contributed by atoms with van der Waals surface area (Å²) in [6.07, 6.45) is 7.87. The number of rotatable bonds is 9. The zero-order chi connectivity index (χ0) is 9.94. The van der Waals surface area contributed by atoms with Gasteiger partial charge in [0.1, 0.15) is 0 Å². The Kier molecular flexibility index (Phi) is 10.5. The molecular weight excluding hydrogens is 182 g/mol. The fraction of sp³-hybridized carbons (Fsp3) is 1.00.